The first kappa shape index (κ1) is 58.6. The van der Waals surface area contributed by atoms with E-state index in [0.29, 0.717) is 0 Å². The van der Waals surface area contributed by atoms with Crippen molar-refractivity contribution in [3.8, 4) is 84.1 Å². The molecular weight excluding hydrogens is 1280 g/mol. The lowest BCUT2D eigenvalue weighted by molar-refractivity contribution is 1.10. The Hall–Kier alpha value is -14.2. The smallest absolute Gasteiger partial charge is 0.145 e. The van der Waals surface area contributed by atoms with Crippen molar-refractivity contribution in [3.63, 3.8) is 0 Å². The number of hydrogen-bond donors (Lipinski definition) is 0. The van der Waals surface area contributed by atoms with Crippen molar-refractivity contribution in [3.05, 3.63) is 352 Å². The molecule has 0 aliphatic heterocycles. The van der Waals surface area contributed by atoms with Gasteiger partial charge in [0.15, 0.2) is 0 Å². The first-order valence-corrected chi connectivity index (χ1v) is 35.7. The Kier molecular flexibility index (Phi) is 12.9. The Labute approximate surface area is 601 Å². The van der Waals surface area contributed by atoms with Gasteiger partial charge in [-0.1, -0.05) is 224 Å². The van der Waals surface area contributed by atoms with E-state index in [9.17, 15) is 0 Å². The van der Waals surface area contributed by atoms with Gasteiger partial charge in [0.25, 0.3) is 0 Å². The molecule has 0 unspecified atom stereocenters. The second-order valence-corrected chi connectivity index (χ2v) is 27.5. The third-order valence-electron chi connectivity index (χ3n) is 21.6. The summed E-state index contributed by atoms with van der Waals surface area (Å²) in [6.07, 6.45) is 3.72. The van der Waals surface area contributed by atoms with Crippen molar-refractivity contribution in [1.29, 1.82) is 0 Å². The van der Waals surface area contributed by atoms with Crippen LogP contribution in [0.4, 0.5) is 0 Å². The SMILES string of the molecule is c1ccc(-n2c(-c3ccc(-c4ccc5cc(-c6c7ccccc7nc7c6ccc6cccnc67)ccc5c4)c(-c4ccc5c(c4)c4ccccc4n5-c4cc(-c5ccc(-c6c7ccccc7nc7c6ccc6cccnc67)cc5)cc(-n5c6ccccc6c6ccccc65)c4)c3)nc3ccccc32)cc1. The van der Waals surface area contributed by atoms with E-state index in [1.165, 1.54) is 10.8 Å². The third kappa shape index (κ3) is 9.23. The van der Waals surface area contributed by atoms with Crippen LogP contribution in [0.1, 0.15) is 0 Å². The Morgan fingerprint density at radius 3 is 1.28 bits per heavy atom. The molecule has 7 aromatic heterocycles. The van der Waals surface area contributed by atoms with E-state index >= 15 is 0 Å². The van der Waals surface area contributed by atoms with Crippen molar-refractivity contribution in [2.24, 2.45) is 0 Å². The molecule has 0 aliphatic carbocycles. The first-order valence-electron chi connectivity index (χ1n) is 35.7. The highest BCUT2D eigenvalue weighted by Crippen LogP contribution is 2.46. The van der Waals surface area contributed by atoms with Crippen LogP contribution in [0.3, 0.4) is 0 Å². The van der Waals surface area contributed by atoms with Crippen molar-refractivity contribution in [1.82, 2.24) is 38.6 Å². The normalized spacial score (nSPS) is 12.0. The van der Waals surface area contributed by atoms with Crippen molar-refractivity contribution < 1.29 is 0 Å². The van der Waals surface area contributed by atoms with Gasteiger partial charge in [-0.15, -0.1) is 0 Å². The molecule has 8 nitrogen and oxygen atoms in total. The molecule has 0 atom stereocenters. The van der Waals surface area contributed by atoms with Crippen LogP contribution in [0.25, 0.3) is 215 Å². The maximum Gasteiger partial charge on any atom is 0.145 e. The van der Waals surface area contributed by atoms with Crippen LogP contribution in [-0.2, 0) is 0 Å². The van der Waals surface area contributed by atoms with Gasteiger partial charge in [0.2, 0.25) is 0 Å². The fraction of sp³-hybridized carbons (Fsp3) is 0. The summed E-state index contributed by atoms with van der Waals surface area (Å²) in [5.74, 6) is 0.873. The highest BCUT2D eigenvalue weighted by molar-refractivity contribution is 6.19. The van der Waals surface area contributed by atoms with E-state index in [0.717, 1.165) is 204 Å². The maximum absolute atomic E-state index is 5.43. The summed E-state index contributed by atoms with van der Waals surface area (Å²) in [6, 6.07) is 124. The second kappa shape index (κ2) is 23.2. The van der Waals surface area contributed by atoms with Gasteiger partial charge in [-0.3, -0.25) is 14.5 Å². The van der Waals surface area contributed by atoms with Crippen LogP contribution in [-0.4, -0.2) is 38.6 Å². The summed E-state index contributed by atoms with van der Waals surface area (Å²) >= 11 is 0. The number of pyridine rings is 4. The Morgan fingerprint density at radius 2 is 0.657 bits per heavy atom. The first-order chi connectivity index (χ1) is 52.0. The number of imidazole rings is 1. The zero-order valence-electron chi connectivity index (χ0n) is 56.6. The summed E-state index contributed by atoms with van der Waals surface area (Å²) < 4.78 is 7.22. The van der Waals surface area contributed by atoms with Crippen molar-refractivity contribution in [2.45, 2.75) is 0 Å². The maximum atomic E-state index is 5.43. The van der Waals surface area contributed by atoms with Crippen LogP contribution in [0.5, 0.6) is 0 Å². The molecule has 0 saturated carbocycles. The minimum absolute atomic E-state index is 0.873. The summed E-state index contributed by atoms with van der Waals surface area (Å²) in [4.78, 5) is 25.6. The van der Waals surface area contributed by atoms with Gasteiger partial charge in [0, 0.05) is 100 Å². The molecule has 15 aromatic carbocycles. The number of fused-ring (bicyclic) bond motifs is 16. The summed E-state index contributed by atoms with van der Waals surface area (Å²) in [7, 11) is 0. The Bertz CT molecular complexity index is 7350. The van der Waals surface area contributed by atoms with Gasteiger partial charge in [-0.2, -0.15) is 0 Å². The standard InChI is InChI=1S/C97H58N8/c1-2-20-70(21-3-1)105-90-33-15-11-29-85(90)102-97(105)68-44-46-73(65-40-38-64-53-67(41-39-63(64)52-65)92-78-26-5-10-28-84(78)101-96-80(92)48-43-62-19-17-51-99-94(62)96)81(57-68)66-45-49-89-82(56-66)76-24-8-14-32-88(76)104(89)72-55-69(54-71(58-72)103-86-30-12-6-22-74(86)75-23-7-13-31-87(75)103)59-34-36-60(37-35-59)91-77-25-4-9-27-83(77)100-95-79(91)47-42-61-18-16-50-98-93(61)95/h1-58H. The lowest BCUT2D eigenvalue weighted by Crippen LogP contribution is -2.00. The molecule has 0 saturated heterocycles. The van der Waals surface area contributed by atoms with Gasteiger partial charge in [-0.05, 0) is 171 Å². The van der Waals surface area contributed by atoms with E-state index in [4.69, 9.17) is 24.9 Å². The highest BCUT2D eigenvalue weighted by atomic mass is 15.1. The molecule has 0 aliphatic rings. The molecular formula is C97H58N8. The summed E-state index contributed by atoms with van der Waals surface area (Å²) in [6.45, 7) is 0. The number of hydrogen-bond acceptors (Lipinski definition) is 5. The molecule has 105 heavy (non-hydrogen) atoms. The van der Waals surface area contributed by atoms with E-state index in [1.54, 1.807) is 0 Å². The lowest BCUT2D eigenvalue weighted by Gasteiger charge is -2.17. The summed E-state index contributed by atoms with van der Waals surface area (Å²) in [5, 5.41) is 13.5. The topological polar surface area (TPSA) is 79.2 Å². The van der Waals surface area contributed by atoms with E-state index in [2.05, 4.69) is 341 Å². The quantitative estimate of drug-likeness (QED) is 0.106. The summed E-state index contributed by atoms with van der Waals surface area (Å²) in [5.41, 5.74) is 27.4. The molecule has 8 heteroatoms. The largest absolute Gasteiger partial charge is 0.309 e. The monoisotopic (exact) mass is 1330 g/mol. The predicted octanol–water partition coefficient (Wildman–Crippen LogP) is 24.9. The molecule has 0 bridgehead atoms. The average Bonchev–Trinajstić information content (AvgIpc) is 1.73. The second-order valence-electron chi connectivity index (χ2n) is 27.5. The lowest BCUT2D eigenvalue weighted by atomic mass is 9.90. The van der Waals surface area contributed by atoms with E-state index in [1.807, 2.05) is 24.5 Å². The number of benzene rings is 15. The van der Waals surface area contributed by atoms with Crippen molar-refractivity contribution >= 4 is 131 Å². The van der Waals surface area contributed by atoms with E-state index < -0.39 is 0 Å². The fourth-order valence-electron chi connectivity index (χ4n) is 16.9. The van der Waals surface area contributed by atoms with E-state index in [-0.39, 0.29) is 0 Å². The van der Waals surface area contributed by atoms with Crippen molar-refractivity contribution in [2.75, 3.05) is 0 Å². The Morgan fingerprint density at radius 1 is 0.200 bits per heavy atom. The van der Waals surface area contributed by atoms with Gasteiger partial charge < -0.3 is 9.13 Å². The molecule has 486 valence electrons. The molecule has 0 N–H and O–H groups in total. The number of para-hydroxylation sites is 8. The van der Waals surface area contributed by atoms with Crippen LogP contribution < -0.4 is 0 Å². The molecule has 0 spiro atoms. The molecule has 0 fully saturated rings. The Balaban J connectivity index is 0.727. The number of rotatable bonds is 9. The van der Waals surface area contributed by atoms with Crippen LogP contribution >= 0.6 is 0 Å². The van der Waals surface area contributed by atoms with Crippen LogP contribution in [0.2, 0.25) is 0 Å². The third-order valence-corrected chi connectivity index (χ3v) is 21.6. The predicted molar refractivity (Wildman–Crippen MR) is 436 cm³/mol. The zero-order valence-corrected chi connectivity index (χ0v) is 56.6. The van der Waals surface area contributed by atoms with Gasteiger partial charge in [-0.25, -0.2) is 15.0 Å². The van der Waals surface area contributed by atoms with Crippen LogP contribution in [0.15, 0.2) is 352 Å². The molecule has 0 amide bonds. The van der Waals surface area contributed by atoms with Gasteiger partial charge in [0.1, 0.15) is 5.82 Å². The molecule has 22 aromatic rings. The number of nitrogens with zero attached hydrogens (tertiary/aromatic N) is 8. The van der Waals surface area contributed by atoms with Gasteiger partial charge in [0.05, 0.1) is 66.2 Å². The molecule has 0 radical (unpaired) electrons. The molecule has 7 heterocycles. The minimum atomic E-state index is 0.873. The highest BCUT2D eigenvalue weighted by Gasteiger charge is 2.24. The number of aromatic nitrogens is 8. The van der Waals surface area contributed by atoms with Gasteiger partial charge >= 0.3 is 0 Å². The zero-order chi connectivity index (χ0) is 68.8. The average molecular weight is 1340 g/mol. The minimum Gasteiger partial charge on any atom is -0.309 e. The fourth-order valence-corrected chi connectivity index (χ4v) is 16.9. The van der Waals surface area contributed by atoms with Crippen LogP contribution in [0, 0.1) is 0 Å². The molecule has 22 rings (SSSR count).